The summed E-state index contributed by atoms with van der Waals surface area (Å²) in [5.41, 5.74) is 1.68. The van der Waals surface area contributed by atoms with Crippen molar-refractivity contribution in [2.75, 3.05) is 31.1 Å². The van der Waals surface area contributed by atoms with Gasteiger partial charge >= 0.3 is 0 Å². The molecule has 4 rings (SSSR count). The van der Waals surface area contributed by atoms with Gasteiger partial charge in [0.2, 0.25) is 0 Å². The number of nitrogens with one attached hydrogen (secondary N) is 1. The van der Waals surface area contributed by atoms with Crippen molar-refractivity contribution in [2.24, 2.45) is 0 Å². The van der Waals surface area contributed by atoms with Crippen LogP contribution in [-0.2, 0) is 10.0 Å². The smallest absolute Gasteiger partial charge is 0.270 e. The van der Waals surface area contributed by atoms with E-state index >= 15 is 0 Å². The van der Waals surface area contributed by atoms with Gasteiger partial charge in [-0.1, -0.05) is 29.3 Å². The highest BCUT2D eigenvalue weighted by Gasteiger charge is 2.25. The van der Waals surface area contributed by atoms with Crippen molar-refractivity contribution in [3.63, 3.8) is 0 Å². The molecule has 0 saturated carbocycles. The first-order valence-electron chi connectivity index (χ1n) is 7.74. The molecule has 1 fully saturated rings. The van der Waals surface area contributed by atoms with E-state index in [2.05, 4.69) is 10.2 Å². The molecule has 0 amide bonds. The fourth-order valence-electron chi connectivity index (χ4n) is 3.12. The molecule has 0 atom stereocenters. The second-order valence-corrected chi connectivity index (χ2v) is 9.82. The maximum atomic E-state index is 13.0. The van der Waals surface area contributed by atoms with E-state index in [0.717, 1.165) is 48.6 Å². The summed E-state index contributed by atoms with van der Waals surface area (Å²) in [4.78, 5) is 2.30. The van der Waals surface area contributed by atoms with E-state index in [4.69, 9.17) is 23.2 Å². The Bertz CT molecular complexity index is 1040. The Morgan fingerprint density at radius 3 is 2.56 bits per heavy atom. The highest BCUT2D eigenvalue weighted by molar-refractivity contribution is 7.90. The monoisotopic (exact) mass is 415 g/mol. The summed E-state index contributed by atoms with van der Waals surface area (Å²) in [5, 5.41) is 4.23. The molecule has 132 valence electrons. The van der Waals surface area contributed by atoms with Gasteiger partial charge in [0.25, 0.3) is 10.0 Å². The Balaban J connectivity index is 1.85. The molecule has 25 heavy (non-hydrogen) atoms. The predicted molar refractivity (Wildman–Crippen MR) is 104 cm³/mol. The zero-order valence-electron chi connectivity index (χ0n) is 13.1. The number of piperazine rings is 1. The van der Waals surface area contributed by atoms with Crippen molar-refractivity contribution in [1.29, 1.82) is 0 Å². The lowest BCUT2D eigenvalue weighted by Crippen LogP contribution is -2.43. The van der Waals surface area contributed by atoms with Crippen LogP contribution < -0.4 is 10.2 Å². The van der Waals surface area contributed by atoms with Crippen LogP contribution in [0.2, 0.25) is 8.67 Å². The number of aromatic nitrogens is 1. The maximum Gasteiger partial charge on any atom is 0.270 e. The number of benzene rings is 1. The van der Waals surface area contributed by atoms with E-state index in [9.17, 15) is 8.42 Å². The third-order valence-electron chi connectivity index (χ3n) is 4.29. The third-order valence-corrected chi connectivity index (χ3v) is 7.74. The van der Waals surface area contributed by atoms with E-state index in [0.29, 0.717) is 9.85 Å². The molecule has 3 aromatic rings. The summed E-state index contributed by atoms with van der Waals surface area (Å²) >= 11 is 13.1. The molecule has 2 aromatic heterocycles. The summed E-state index contributed by atoms with van der Waals surface area (Å²) in [5.74, 6) is 0. The third kappa shape index (κ3) is 2.94. The van der Waals surface area contributed by atoms with Crippen LogP contribution in [-0.4, -0.2) is 38.6 Å². The van der Waals surface area contributed by atoms with Crippen molar-refractivity contribution in [3.8, 4) is 0 Å². The summed E-state index contributed by atoms with van der Waals surface area (Å²) < 4.78 is 27.9. The van der Waals surface area contributed by atoms with Gasteiger partial charge in [0.05, 0.1) is 9.85 Å². The lowest BCUT2D eigenvalue weighted by atomic mass is 10.2. The van der Waals surface area contributed by atoms with Crippen LogP contribution in [0.4, 0.5) is 5.69 Å². The van der Waals surface area contributed by atoms with Gasteiger partial charge in [0.1, 0.15) is 9.23 Å². The van der Waals surface area contributed by atoms with Gasteiger partial charge in [-0.25, -0.2) is 12.4 Å². The lowest BCUT2D eigenvalue weighted by molar-refractivity contribution is 0.589. The van der Waals surface area contributed by atoms with E-state index in [1.54, 1.807) is 12.3 Å². The zero-order valence-corrected chi connectivity index (χ0v) is 16.2. The predicted octanol–water partition coefficient (Wildman–Crippen LogP) is 3.66. The molecule has 1 N–H and O–H groups in total. The summed E-state index contributed by atoms with van der Waals surface area (Å²) in [6.07, 6.45) is 1.58. The lowest BCUT2D eigenvalue weighted by Gasteiger charge is -2.30. The molecule has 3 heterocycles. The Kier molecular flexibility index (Phi) is 4.45. The van der Waals surface area contributed by atoms with Gasteiger partial charge in [0, 0.05) is 43.4 Å². The van der Waals surface area contributed by atoms with Gasteiger partial charge in [-0.3, -0.25) is 0 Å². The molecule has 5 nitrogen and oxygen atoms in total. The number of fused-ring (bicyclic) bond motifs is 1. The van der Waals surface area contributed by atoms with E-state index in [1.807, 2.05) is 18.2 Å². The standard InChI is InChI=1S/C16H15Cl2N3O2S2/c17-15-10-14(16(18)24-15)25(22,23)21-7-4-11-12(2-1-3-13(11)21)20-8-5-19-6-9-20/h1-4,7,10,19H,5-6,8-9H2. The van der Waals surface area contributed by atoms with Gasteiger partial charge < -0.3 is 10.2 Å². The minimum Gasteiger partial charge on any atom is -0.368 e. The van der Waals surface area contributed by atoms with Crippen molar-refractivity contribution in [2.45, 2.75) is 4.90 Å². The fourth-order valence-corrected chi connectivity index (χ4v) is 6.59. The number of anilines is 1. The van der Waals surface area contributed by atoms with Crippen molar-refractivity contribution < 1.29 is 8.42 Å². The largest absolute Gasteiger partial charge is 0.368 e. The highest BCUT2D eigenvalue weighted by Crippen LogP contribution is 2.37. The van der Waals surface area contributed by atoms with Crippen molar-refractivity contribution in [3.05, 3.63) is 45.2 Å². The Hall–Kier alpha value is -1.25. The van der Waals surface area contributed by atoms with E-state index in [-0.39, 0.29) is 9.23 Å². The first-order valence-corrected chi connectivity index (χ1v) is 10.8. The molecule has 1 saturated heterocycles. The van der Waals surface area contributed by atoms with E-state index < -0.39 is 10.0 Å². The number of hydrogen-bond donors (Lipinski definition) is 1. The summed E-state index contributed by atoms with van der Waals surface area (Å²) in [6.45, 7) is 3.61. The molecule has 9 heteroatoms. The number of hydrogen-bond acceptors (Lipinski definition) is 5. The van der Waals surface area contributed by atoms with Crippen LogP contribution in [0.25, 0.3) is 10.9 Å². The molecule has 1 aromatic carbocycles. The van der Waals surface area contributed by atoms with Crippen LogP contribution in [0.1, 0.15) is 0 Å². The number of nitrogens with zero attached hydrogens (tertiary/aromatic N) is 2. The van der Waals surface area contributed by atoms with Crippen LogP contribution in [0.15, 0.2) is 41.4 Å². The normalized spacial score (nSPS) is 15.8. The van der Waals surface area contributed by atoms with Gasteiger partial charge in [-0.2, -0.15) is 0 Å². The van der Waals surface area contributed by atoms with Crippen LogP contribution in [0, 0.1) is 0 Å². The Morgan fingerprint density at radius 2 is 1.88 bits per heavy atom. The highest BCUT2D eigenvalue weighted by atomic mass is 35.5. The summed E-state index contributed by atoms with van der Waals surface area (Å²) in [7, 11) is -3.80. The Labute approximate surface area is 159 Å². The number of halogens is 2. The van der Waals surface area contributed by atoms with Crippen molar-refractivity contribution >= 4 is 61.2 Å². The minimum absolute atomic E-state index is 0.0363. The molecule has 1 aliphatic rings. The first-order chi connectivity index (χ1) is 12.0. The molecule has 0 radical (unpaired) electrons. The van der Waals surface area contributed by atoms with Crippen LogP contribution in [0.3, 0.4) is 0 Å². The topological polar surface area (TPSA) is 54.3 Å². The van der Waals surface area contributed by atoms with Gasteiger partial charge in [-0.05, 0) is 24.3 Å². The fraction of sp³-hybridized carbons (Fsp3) is 0.250. The molecule has 0 bridgehead atoms. The quantitative estimate of drug-likeness (QED) is 0.708. The van der Waals surface area contributed by atoms with Crippen LogP contribution in [0.5, 0.6) is 0 Å². The molecule has 1 aliphatic heterocycles. The molecule has 0 unspecified atom stereocenters. The molecular weight excluding hydrogens is 401 g/mol. The second kappa shape index (κ2) is 6.48. The zero-order chi connectivity index (χ0) is 17.6. The summed E-state index contributed by atoms with van der Waals surface area (Å²) in [6, 6.07) is 8.95. The number of rotatable bonds is 3. The van der Waals surface area contributed by atoms with Gasteiger partial charge in [0.15, 0.2) is 0 Å². The molecule has 0 aliphatic carbocycles. The van der Waals surface area contributed by atoms with Crippen LogP contribution >= 0.6 is 34.5 Å². The number of thiophene rings is 1. The second-order valence-electron chi connectivity index (χ2n) is 5.75. The Morgan fingerprint density at radius 1 is 1.12 bits per heavy atom. The first kappa shape index (κ1) is 17.2. The molecular formula is C16H15Cl2N3O2S2. The van der Waals surface area contributed by atoms with Crippen molar-refractivity contribution in [1.82, 2.24) is 9.29 Å². The van der Waals surface area contributed by atoms with Gasteiger partial charge in [-0.15, -0.1) is 11.3 Å². The maximum absolute atomic E-state index is 13.0. The average molecular weight is 416 g/mol. The minimum atomic E-state index is -3.80. The SMILES string of the molecule is O=S(=O)(c1cc(Cl)sc1Cl)n1ccc2c(N3CCNCC3)cccc21. The average Bonchev–Trinajstić information content (AvgIpc) is 3.19. The molecule has 0 spiro atoms. The van der Waals surface area contributed by atoms with E-state index in [1.165, 1.54) is 10.0 Å².